The third-order valence-electron chi connectivity index (χ3n) is 5.28. The second-order valence-electron chi connectivity index (χ2n) is 8.30. The van der Waals surface area contributed by atoms with Gasteiger partial charge in [0.05, 0.1) is 12.5 Å². The highest BCUT2D eigenvalue weighted by Crippen LogP contribution is 2.29. The third kappa shape index (κ3) is 5.44. The van der Waals surface area contributed by atoms with Gasteiger partial charge in [0, 0.05) is 30.1 Å². The summed E-state index contributed by atoms with van der Waals surface area (Å²) in [4.78, 5) is 18.9. The summed E-state index contributed by atoms with van der Waals surface area (Å²) in [5, 5.41) is 4.83. The zero-order valence-corrected chi connectivity index (χ0v) is 18.5. The summed E-state index contributed by atoms with van der Waals surface area (Å²) in [6.45, 7) is 6.16. The van der Waals surface area contributed by atoms with Crippen molar-refractivity contribution in [3.05, 3.63) is 65.0 Å². The lowest BCUT2D eigenvalue weighted by Crippen LogP contribution is -2.27. The van der Waals surface area contributed by atoms with Crippen molar-refractivity contribution in [3.8, 4) is 17.1 Å². The number of benzene rings is 2. The van der Waals surface area contributed by atoms with Crippen molar-refractivity contribution in [1.82, 2.24) is 15.0 Å². The highest BCUT2D eigenvalue weighted by molar-refractivity contribution is 6.30. The lowest BCUT2D eigenvalue weighted by atomic mass is 10.1. The molecule has 1 aliphatic rings. The van der Waals surface area contributed by atoms with Gasteiger partial charge in [0.25, 0.3) is 0 Å². The van der Waals surface area contributed by atoms with Crippen LogP contribution in [-0.4, -0.2) is 40.6 Å². The topological polar surface area (TPSA) is 68.5 Å². The monoisotopic (exact) mass is 439 g/mol. The van der Waals surface area contributed by atoms with Crippen LogP contribution in [0.5, 0.6) is 5.75 Å². The number of carbonyl (C=O) groups excluding carboxylic acids is 1. The Morgan fingerprint density at radius 1 is 1.16 bits per heavy atom. The van der Waals surface area contributed by atoms with E-state index in [2.05, 4.69) is 24.0 Å². The van der Waals surface area contributed by atoms with E-state index < -0.39 is 0 Å². The Labute approximate surface area is 187 Å². The van der Waals surface area contributed by atoms with Crippen LogP contribution in [0.1, 0.15) is 37.6 Å². The molecule has 162 valence electrons. The molecule has 4 rings (SSSR count). The normalized spacial score (nSPS) is 16.3. The number of ether oxygens (including phenoxy) is 1. The molecular formula is C24H26ClN3O3. The number of hydrogen-bond donors (Lipinski definition) is 0. The van der Waals surface area contributed by atoms with Crippen molar-refractivity contribution in [3.63, 3.8) is 0 Å². The number of amides is 1. The van der Waals surface area contributed by atoms with Gasteiger partial charge in [-0.25, -0.2) is 0 Å². The maximum Gasteiger partial charge on any atom is 0.232 e. The van der Waals surface area contributed by atoms with Crippen LogP contribution in [0, 0.1) is 5.92 Å². The molecule has 31 heavy (non-hydrogen) atoms. The standard InChI is InChI=1S/C24H26ClN3O3/c1-16(2)15-30-21-9-5-18(6-10-21)23-26-24(31-27-23)19-13-22(29)28(14-19)12-11-17-3-7-20(25)8-4-17/h3-10,16,19H,11-15H2,1-2H3. The van der Waals surface area contributed by atoms with Crippen molar-refractivity contribution in [1.29, 1.82) is 0 Å². The average molecular weight is 440 g/mol. The van der Waals surface area contributed by atoms with Gasteiger partial charge in [-0.05, 0) is 54.3 Å². The summed E-state index contributed by atoms with van der Waals surface area (Å²) in [5.41, 5.74) is 2.01. The first kappa shape index (κ1) is 21.4. The van der Waals surface area contributed by atoms with Crippen molar-refractivity contribution in [2.24, 2.45) is 5.92 Å². The quantitative estimate of drug-likeness (QED) is 0.495. The maximum absolute atomic E-state index is 12.5. The molecule has 0 aliphatic carbocycles. The molecular weight excluding hydrogens is 414 g/mol. The van der Waals surface area contributed by atoms with Gasteiger partial charge in [-0.15, -0.1) is 0 Å². The second kappa shape index (κ2) is 9.52. The van der Waals surface area contributed by atoms with E-state index in [-0.39, 0.29) is 11.8 Å². The van der Waals surface area contributed by atoms with E-state index in [9.17, 15) is 4.79 Å². The second-order valence-corrected chi connectivity index (χ2v) is 8.74. The first-order chi connectivity index (χ1) is 15.0. The number of hydrogen-bond acceptors (Lipinski definition) is 5. The Morgan fingerprint density at radius 3 is 2.61 bits per heavy atom. The number of halogens is 1. The number of aromatic nitrogens is 2. The van der Waals surface area contributed by atoms with Crippen LogP contribution in [0.4, 0.5) is 0 Å². The number of likely N-dealkylation sites (tertiary alicyclic amines) is 1. The molecule has 1 fully saturated rings. The predicted molar refractivity (Wildman–Crippen MR) is 119 cm³/mol. The predicted octanol–water partition coefficient (Wildman–Crippen LogP) is 4.98. The van der Waals surface area contributed by atoms with E-state index in [0.29, 0.717) is 48.8 Å². The molecule has 0 bridgehead atoms. The van der Waals surface area contributed by atoms with E-state index in [1.807, 2.05) is 53.4 Å². The Bertz CT molecular complexity index is 1020. The molecule has 1 aromatic heterocycles. The first-order valence-corrected chi connectivity index (χ1v) is 10.9. The number of carbonyl (C=O) groups is 1. The SMILES string of the molecule is CC(C)COc1ccc(-c2noc(C3CC(=O)N(CCc4ccc(Cl)cc4)C3)n2)cc1. The molecule has 1 aliphatic heterocycles. The summed E-state index contributed by atoms with van der Waals surface area (Å²) >= 11 is 5.93. The molecule has 2 aromatic carbocycles. The molecule has 0 radical (unpaired) electrons. The van der Waals surface area contributed by atoms with Crippen molar-refractivity contribution < 1.29 is 14.1 Å². The van der Waals surface area contributed by atoms with Gasteiger partial charge in [0.2, 0.25) is 17.6 Å². The van der Waals surface area contributed by atoms with E-state index in [1.54, 1.807) is 0 Å². The third-order valence-corrected chi connectivity index (χ3v) is 5.54. The van der Waals surface area contributed by atoms with Gasteiger partial charge < -0.3 is 14.2 Å². The molecule has 6 nitrogen and oxygen atoms in total. The van der Waals surface area contributed by atoms with Gasteiger partial charge in [-0.1, -0.05) is 42.7 Å². The minimum Gasteiger partial charge on any atom is -0.493 e. The minimum absolute atomic E-state index is 0.0763. The largest absolute Gasteiger partial charge is 0.493 e. The minimum atomic E-state index is -0.0763. The number of nitrogens with zero attached hydrogens (tertiary/aromatic N) is 3. The van der Waals surface area contributed by atoms with Crippen LogP contribution in [0.25, 0.3) is 11.4 Å². The van der Waals surface area contributed by atoms with Gasteiger partial charge in [0.1, 0.15) is 5.75 Å². The summed E-state index contributed by atoms with van der Waals surface area (Å²) in [6.07, 6.45) is 1.18. The summed E-state index contributed by atoms with van der Waals surface area (Å²) in [6, 6.07) is 15.4. The fraction of sp³-hybridized carbons (Fsp3) is 0.375. The van der Waals surface area contributed by atoms with Gasteiger partial charge in [-0.2, -0.15) is 4.98 Å². The van der Waals surface area contributed by atoms with Crippen LogP contribution in [0.2, 0.25) is 5.02 Å². The van der Waals surface area contributed by atoms with Gasteiger partial charge >= 0.3 is 0 Å². The molecule has 1 unspecified atom stereocenters. The summed E-state index contributed by atoms with van der Waals surface area (Å²) in [7, 11) is 0. The molecule has 2 heterocycles. The molecule has 3 aromatic rings. The summed E-state index contributed by atoms with van der Waals surface area (Å²) < 4.78 is 11.2. The van der Waals surface area contributed by atoms with Crippen LogP contribution < -0.4 is 4.74 Å². The van der Waals surface area contributed by atoms with Crippen LogP contribution in [0.3, 0.4) is 0 Å². The highest BCUT2D eigenvalue weighted by Gasteiger charge is 2.34. The van der Waals surface area contributed by atoms with E-state index >= 15 is 0 Å². The van der Waals surface area contributed by atoms with E-state index in [0.717, 1.165) is 23.3 Å². The molecule has 1 amide bonds. The van der Waals surface area contributed by atoms with Gasteiger partial charge in [0.15, 0.2) is 0 Å². The smallest absolute Gasteiger partial charge is 0.232 e. The summed E-state index contributed by atoms with van der Waals surface area (Å²) in [5.74, 6) is 2.37. The fourth-order valence-corrected chi connectivity index (χ4v) is 3.68. The van der Waals surface area contributed by atoms with Gasteiger partial charge in [-0.3, -0.25) is 4.79 Å². The fourth-order valence-electron chi connectivity index (χ4n) is 3.55. The van der Waals surface area contributed by atoms with Crippen molar-refractivity contribution in [2.75, 3.05) is 19.7 Å². The molecule has 7 heteroatoms. The van der Waals surface area contributed by atoms with Crippen molar-refractivity contribution in [2.45, 2.75) is 32.6 Å². The lowest BCUT2D eigenvalue weighted by Gasteiger charge is -2.15. The number of rotatable bonds is 8. The Balaban J connectivity index is 1.35. The van der Waals surface area contributed by atoms with Crippen LogP contribution >= 0.6 is 11.6 Å². The van der Waals surface area contributed by atoms with Crippen LogP contribution in [-0.2, 0) is 11.2 Å². The maximum atomic E-state index is 12.5. The zero-order valence-electron chi connectivity index (χ0n) is 17.8. The van der Waals surface area contributed by atoms with Crippen molar-refractivity contribution >= 4 is 17.5 Å². The molecule has 1 atom stereocenters. The highest BCUT2D eigenvalue weighted by atomic mass is 35.5. The molecule has 0 N–H and O–H groups in total. The Morgan fingerprint density at radius 2 is 1.90 bits per heavy atom. The Hall–Kier alpha value is -2.86. The van der Waals surface area contributed by atoms with E-state index in [1.165, 1.54) is 0 Å². The Kier molecular flexibility index (Phi) is 6.56. The van der Waals surface area contributed by atoms with E-state index in [4.69, 9.17) is 20.9 Å². The first-order valence-electron chi connectivity index (χ1n) is 10.6. The lowest BCUT2D eigenvalue weighted by molar-refractivity contribution is -0.127. The molecule has 0 spiro atoms. The average Bonchev–Trinajstić information content (AvgIpc) is 3.39. The zero-order chi connectivity index (χ0) is 21.8. The molecule has 1 saturated heterocycles. The molecule has 0 saturated carbocycles. The van der Waals surface area contributed by atoms with Crippen LogP contribution in [0.15, 0.2) is 53.1 Å².